The second kappa shape index (κ2) is 3.65. The smallest absolute Gasteiger partial charge is 0.164 e. The summed E-state index contributed by atoms with van der Waals surface area (Å²) < 4.78 is 5.59. The molecule has 1 fully saturated rings. The average Bonchev–Trinajstić information content (AvgIpc) is 2.58. The quantitative estimate of drug-likeness (QED) is 0.888. The maximum Gasteiger partial charge on any atom is 0.164 e. The van der Waals surface area contributed by atoms with Crippen molar-refractivity contribution in [3.05, 3.63) is 16.8 Å². The molecule has 5 heteroatoms. The van der Waals surface area contributed by atoms with Crippen molar-refractivity contribution in [2.75, 3.05) is 12.8 Å². The van der Waals surface area contributed by atoms with Crippen LogP contribution in [0.15, 0.2) is 6.07 Å². The van der Waals surface area contributed by atoms with Crippen LogP contribution in [0.5, 0.6) is 0 Å². The van der Waals surface area contributed by atoms with Gasteiger partial charge in [-0.2, -0.15) is 0 Å². The highest BCUT2D eigenvalue weighted by Crippen LogP contribution is 2.43. The predicted octanol–water partition coefficient (Wildman–Crippen LogP) is 2.61. The van der Waals surface area contributed by atoms with Crippen LogP contribution in [-0.2, 0) is 10.3 Å². The summed E-state index contributed by atoms with van der Waals surface area (Å²) in [5, 5.41) is 0.960. The van der Waals surface area contributed by atoms with Gasteiger partial charge in [0.15, 0.2) is 5.82 Å². The van der Waals surface area contributed by atoms with Gasteiger partial charge in [-0.15, -0.1) is 11.3 Å². The lowest BCUT2D eigenvalue weighted by Gasteiger charge is -2.38. The molecule has 2 N–H and O–H groups in total. The van der Waals surface area contributed by atoms with E-state index < -0.39 is 0 Å². The molecule has 0 spiro atoms. The Morgan fingerprint density at radius 1 is 1.41 bits per heavy atom. The number of hydrogen-bond donors (Lipinski definition) is 1. The Hall–Kier alpha value is -1.20. The molecule has 0 aliphatic heterocycles. The molecule has 0 bridgehead atoms. The van der Waals surface area contributed by atoms with E-state index in [4.69, 9.17) is 10.5 Å². The Morgan fingerprint density at radius 2 is 2.18 bits per heavy atom. The molecule has 0 amide bonds. The molecule has 4 nitrogen and oxygen atoms in total. The van der Waals surface area contributed by atoms with E-state index in [1.807, 2.05) is 6.07 Å². The summed E-state index contributed by atoms with van der Waals surface area (Å²) in [4.78, 5) is 11.2. The molecule has 0 radical (unpaired) electrons. The van der Waals surface area contributed by atoms with E-state index in [0.717, 1.165) is 28.9 Å². The van der Waals surface area contributed by atoms with Crippen LogP contribution in [0.25, 0.3) is 10.2 Å². The third-order valence-corrected chi connectivity index (χ3v) is 4.45. The Bertz CT molecular complexity index is 569. The summed E-state index contributed by atoms with van der Waals surface area (Å²) in [6.45, 7) is 2.06. The fourth-order valence-electron chi connectivity index (χ4n) is 2.28. The minimum atomic E-state index is -0.291. The van der Waals surface area contributed by atoms with Crippen LogP contribution in [-0.4, -0.2) is 17.1 Å². The number of methoxy groups -OCH3 is 1. The molecule has 1 aliphatic carbocycles. The van der Waals surface area contributed by atoms with Gasteiger partial charge in [-0.05, 0) is 32.3 Å². The van der Waals surface area contributed by atoms with Crippen molar-refractivity contribution in [2.24, 2.45) is 0 Å². The first kappa shape index (κ1) is 10.9. The zero-order valence-electron chi connectivity index (χ0n) is 9.99. The Balaban J connectivity index is 2.17. The number of ether oxygens (including phenoxy) is 1. The largest absolute Gasteiger partial charge is 0.383 e. The van der Waals surface area contributed by atoms with Crippen LogP contribution >= 0.6 is 11.3 Å². The number of nitrogens with zero attached hydrogens (tertiary/aromatic N) is 2. The van der Waals surface area contributed by atoms with Crippen LogP contribution in [0, 0.1) is 6.92 Å². The number of nitrogen functional groups attached to an aromatic ring is 1. The molecule has 1 aliphatic rings. The summed E-state index contributed by atoms with van der Waals surface area (Å²) >= 11 is 1.65. The normalized spacial score (nSPS) is 18.2. The number of thiophene rings is 1. The van der Waals surface area contributed by atoms with E-state index in [2.05, 4.69) is 16.9 Å². The lowest BCUT2D eigenvalue weighted by atomic mass is 9.79. The molecule has 0 unspecified atom stereocenters. The highest BCUT2D eigenvalue weighted by molar-refractivity contribution is 7.18. The van der Waals surface area contributed by atoms with Crippen molar-refractivity contribution in [2.45, 2.75) is 31.8 Å². The summed E-state index contributed by atoms with van der Waals surface area (Å²) in [7, 11) is 1.72. The first-order chi connectivity index (χ1) is 8.14. The van der Waals surface area contributed by atoms with Gasteiger partial charge in [0.1, 0.15) is 16.2 Å². The highest BCUT2D eigenvalue weighted by atomic mass is 32.1. The third-order valence-electron chi connectivity index (χ3n) is 3.50. The van der Waals surface area contributed by atoms with E-state index >= 15 is 0 Å². The van der Waals surface area contributed by atoms with Crippen LogP contribution in [0.3, 0.4) is 0 Å². The first-order valence-electron chi connectivity index (χ1n) is 5.74. The summed E-state index contributed by atoms with van der Waals surface area (Å²) in [6.07, 6.45) is 3.14. The number of aryl methyl sites for hydroxylation is 1. The zero-order valence-corrected chi connectivity index (χ0v) is 10.8. The standard InChI is InChI=1S/C12H15N3OS/c1-7-6-8-9(13)14-11(15-10(8)17-7)12(16-2)4-3-5-12/h6H,3-5H2,1-2H3,(H2,13,14,15). The number of aromatic nitrogens is 2. The molecular formula is C12H15N3OS. The van der Waals surface area contributed by atoms with Crippen molar-refractivity contribution in [1.29, 1.82) is 0 Å². The Labute approximate surface area is 104 Å². The lowest BCUT2D eigenvalue weighted by molar-refractivity contribution is -0.0842. The van der Waals surface area contributed by atoms with Gasteiger partial charge < -0.3 is 10.5 Å². The molecule has 2 aromatic rings. The number of fused-ring (bicyclic) bond motifs is 1. The van der Waals surface area contributed by atoms with Gasteiger partial charge in [0, 0.05) is 12.0 Å². The monoisotopic (exact) mass is 249 g/mol. The highest BCUT2D eigenvalue weighted by Gasteiger charge is 2.42. The van der Waals surface area contributed by atoms with Gasteiger partial charge in [0.05, 0.1) is 5.39 Å². The third kappa shape index (κ3) is 1.53. The first-order valence-corrected chi connectivity index (χ1v) is 6.55. The van der Waals surface area contributed by atoms with Crippen molar-refractivity contribution >= 4 is 27.4 Å². The van der Waals surface area contributed by atoms with Gasteiger partial charge in [0.25, 0.3) is 0 Å². The maximum absolute atomic E-state index is 6.00. The van der Waals surface area contributed by atoms with E-state index in [-0.39, 0.29) is 5.60 Å². The van der Waals surface area contributed by atoms with Gasteiger partial charge >= 0.3 is 0 Å². The second-order valence-electron chi connectivity index (χ2n) is 4.56. The minimum absolute atomic E-state index is 0.291. The minimum Gasteiger partial charge on any atom is -0.383 e. The number of nitrogens with two attached hydrogens (primary N) is 1. The molecule has 1 saturated carbocycles. The summed E-state index contributed by atoms with van der Waals surface area (Å²) in [6, 6.07) is 2.04. The van der Waals surface area contributed by atoms with Crippen LogP contribution < -0.4 is 5.73 Å². The summed E-state index contributed by atoms with van der Waals surface area (Å²) in [5.41, 5.74) is 5.71. The van der Waals surface area contributed by atoms with Gasteiger partial charge in [-0.25, -0.2) is 9.97 Å². The van der Waals surface area contributed by atoms with Crippen LogP contribution in [0.4, 0.5) is 5.82 Å². The van der Waals surface area contributed by atoms with Crippen molar-refractivity contribution in [1.82, 2.24) is 9.97 Å². The van der Waals surface area contributed by atoms with Gasteiger partial charge in [-0.1, -0.05) is 0 Å². The molecule has 0 atom stereocenters. The van der Waals surface area contributed by atoms with Gasteiger partial charge in [-0.3, -0.25) is 0 Å². The number of hydrogen-bond acceptors (Lipinski definition) is 5. The summed E-state index contributed by atoms with van der Waals surface area (Å²) in [5.74, 6) is 1.32. The second-order valence-corrected chi connectivity index (χ2v) is 5.80. The fraction of sp³-hybridized carbons (Fsp3) is 0.500. The molecule has 2 heterocycles. The van der Waals surface area contributed by atoms with Crippen molar-refractivity contribution in [3.8, 4) is 0 Å². The molecule has 17 heavy (non-hydrogen) atoms. The zero-order chi connectivity index (χ0) is 12.0. The van der Waals surface area contributed by atoms with E-state index in [9.17, 15) is 0 Å². The van der Waals surface area contributed by atoms with E-state index in [1.165, 1.54) is 11.3 Å². The Morgan fingerprint density at radius 3 is 2.76 bits per heavy atom. The molecule has 90 valence electrons. The van der Waals surface area contributed by atoms with Crippen LogP contribution in [0.2, 0.25) is 0 Å². The molecule has 0 saturated heterocycles. The van der Waals surface area contributed by atoms with Crippen LogP contribution in [0.1, 0.15) is 30.0 Å². The van der Waals surface area contributed by atoms with Gasteiger partial charge in [0.2, 0.25) is 0 Å². The Kier molecular flexibility index (Phi) is 2.34. The fourth-order valence-corrected chi connectivity index (χ4v) is 3.17. The SMILES string of the molecule is COC1(c2nc(N)c3cc(C)sc3n2)CCC1. The molecule has 0 aromatic carbocycles. The van der Waals surface area contributed by atoms with Crippen molar-refractivity contribution < 1.29 is 4.74 Å². The lowest BCUT2D eigenvalue weighted by Crippen LogP contribution is -2.38. The number of rotatable bonds is 2. The maximum atomic E-state index is 6.00. The number of anilines is 1. The van der Waals surface area contributed by atoms with E-state index in [1.54, 1.807) is 18.4 Å². The average molecular weight is 249 g/mol. The molecule has 2 aromatic heterocycles. The van der Waals surface area contributed by atoms with Crippen molar-refractivity contribution in [3.63, 3.8) is 0 Å². The van der Waals surface area contributed by atoms with E-state index in [0.29, 0.717) is 5.82 Å². The molecular weight excluding hydrogens is 234 g/mol. The topological polar surface area (TPSA) is 61.0 Å². The molecule has 3 rings (SSSR count). The predicted molar refractivity (Wildman–Crippen MR) is 69.1 cm³/mol.